The molecule has 14 heteroatoms. The molecular formula is C15H16F3N5O4S2. The van der Waals surface area contributed by atoms with Crippen LogP contribution in [-0.2, 0) is 14.6 Å². The molecule has 1 amide bonds. The van der Waals surface area contributed by atoms with Gasteiger partial charge in [-0.05, 0) is 28.5 Å². The van der Waals surface area contributed by atoms with E-state index in [0.717, 1.165) is 30.2 Å². The average Bonchev–Trinajstić information content (AvgIpc) is 3.07. The number of alkyl halides is 2. The van der Waals surface area contributed by atoms with Crippen molar-refractivity contribution in [3.8, 4) is 0 Å². The molecule has 0 unspecified atom stereocenters. The normalized spacial score (nSPS) is 11.5. The number of aromatic nitrogens is 2. The van der Waals surface area contributed by atoms with Gasteiger partial charge in [0, 0.05) is 24.2 Å². The number of thioether (sulfide) groups is 1. The molecular weight excluding hydrogens is 435 g/mol. The van der Waals surface area contributed by atoms with Gasteiger partial charge in [0.2, 0.25) is 5.91 Å². The van der Waals surface area contributed by atoms with Crippen molar-refractivity contribution in [3.63, 3.8) is 0 Å². The minimum atomic E-state index is -3.43. The molecule has 0 saturated heterocycles. The van der Waals surface area contributed by atoms with Crippen LogP contribution >= 0.6 is 11.8 Å². The Morgan fingerprint density at radius 1 is 1.34 bits per heavy atom. The average molecular weight is 451 g/mol. The molecule has 9 nitrogen and oxygen atoms in total. The van der Waals surface area contributed by atoms with Gasteiger partial charge in [-0.1, -0.05) is 11.8 Å². The largest absolute Gasteiger partial charge is 0.354 e. The predicted molar refractivity (Wildman–Crippen MR) is 99.6 cm³/mol. The summed E-state index contributed by atoms with van der Waals surface area (Å²) in [5.74, 6) is -2.37. The molecule has 3 N–H and O–H groups in total. The summed E-state index contributed by atoms with van der Waals surface area (Å²) in [6.07, 6.45) is -2.07. The number of hydrogen-bond donors (Lipinski definition) is 3. The fourth-order valence-corrected chi connectivity index (χ4v) is 3.39. The number of rotatable bonds is 9. The van der Waals surface area contributed by atoms with Crippen LogP contribution in [0.4, 0.5) is 18.9 Å². The summed E-state index contributed by atoms with van der Waals surface area (Å²) >= 11 is 1.07. The second kappa shape index (κ2) is 9.73. The van der Waals surface area contributed by atoms with Gasteiger partial charge in [-0.15, -0.1) is 0 Å². The quantitative estimate of drug-likeness (QED) is 0.227. The van der Waals surface area contributed by atoms with E-state index in [2.05, 4.69) is 25.6 Å². The van der Waals surface area contributed by atoms with Crippen LogP contribution in [0.15, 0.2) is 27.9 Å². The van der Waals surface area contributed by atoms with E-state index in [9.17, 15) is 26.4 Å². The molecule has 158 valence electrons. The summed E-state index contributed by atoms with van der Waals surface area (Å²) in [5, 5.41) is 20.3. The standard InChI is InChI=1S/C15H16F3N5O4S2/c1-29(25,26)7-11(24)20-4-5-28-15-12(22-27-23-15)14(19)21-8-2-3-10(16)9(6-8)13(17)18/h2-3,6,13H,4-5,7H2,1H3,(H2,19,21)(H,20,24). The van der Waals surface area contributed by atoms with E-state index in [1.54, 1.807) is 0 Å². The van der Waals surface area contributed by atoms with E-state index in [0.29, 0.717) is 0 Å². The van der Waals surface area contributed by atoms with E-state index in [1.807, 2.05) is 0 Å². The molecule has 0 spiro atoms. The first-order chi connectivity index (χ1) is 13.6. The maximum Gasteiger partial charge on any atom is 0.266 e. The Balaban J connectivity index is 1.93. The van der Waals surface area contributed by atoms with Crippen LogP contribution in [0.5, 0.6) is 0 Å². The monoisotopic (exact) mass is 451 g/mol. The summed E-state index contributed by atoms with van der Waals surface area (Å²) in [7, 11) is -3.43. The van der Waals surface area contributed by atoms with E-state index in [-0.39, 0.29) is 34.5 Å². The molecule has 2 rings (SSSR count). The highest BCUT2D eigenvalue weighted by Crippen LogP contribution is 2.26. The van der Waals surface area contributed by atoms with Crippen molar-refractivity contribution in [2.75, 3.05) is 29.6 Å². The number of amides is 1. The minimum absolute atomic E-state index is 0.0135. The van der Waals surface area contributed by atoms with Gasteiger partial charge in [-0.25, -0.2) is 26.2 Å². The lowest BCUT2D eigenvalue weighted by Gasteiger charge is -2.09. The molecule has 0 fully saturated rings. The number of hydrogen-bond acceptors (Lipinski definition) is 8. The van der Waals surface area contributed by atoms with Gasteiger partial charge in [0.25, 0.3) is 6.43 Å². The number of halogens is 3. The molecule has 0 aliphatic carbocycles. The van der Waals surface area contributed by atoms with Gasteiger partial charge in [-0.2, -0.15) is 0 Å². The fraction of sp³-hybridized carbons (Fsp3) is 0.333. The number of nitrogens with zero attached hydrogens (tertiary/aromatic N) is 2. The van der Waals surface area contributed by atoms with Crippen molar-refractivity contribution in [2.24, 2.45) is 0 Å². The van der Waals surface area contributed by atoms with E-state index in [1.165, 1.54) is 6.07 Å². The van der Waals surface area contributed by atoms with Gasteiger partial charge < -0.3 is 10.6 Å². The van der Waals surface area contributed by atoms with Crippen LogP contribution in [0.2, 0.25) is 0 Å². The fourth-order valence-electron chi connectivity index (χ4n) is 2.05. The Kier molecular flexibility index (Phi) is 7.61. The van der Waals surface area contributed by atoms with Crippen molar-refractivity contribution in [2.45, 2.75) is 11.5 Å². The number of benzene rings is 1. The molecule has 0 saturated carbocycles. The third-order valence-corrected chi connectivity index (χ3v) is 4.99. The maximum atomic E-state index is 13.4. The van der Waals surface area contributed by atoms with E-state index >= 15 is 0 Å². The molecule has 29 heavy (non-hydrogen) atoms. The highest BCUT2D eigenvalue weighted by Gasteiger charge is 2.18. The van der Waals surface area contributed by atoms with Gasteiger partial charge >= 0.3 is 0 Å². The van der Waals surface area contributed by atoms with Gasteiger partial charge in [0.15, 0.2) is 26.4 Å². The summed E-state index contributed by atoms with van der Waals surface area (Å²) in [6, 6.07) is 2.92. The zero-order valence-corrected chi connectivity index (χ0v) is 16.5. The van der Waals surface area contributed by atoms with Crippen LogP contribution in [0.25, 0.3) is 0 Å². The smallest absolute Gasteiger partial charge is 0.266 e. The molecule has 0 aliphatic heterocycles. The summed E-state index contributed by atoms with van der Waals surface area (Å²) in [5.41, 5.74) is -0.764. The first kappa shape index (κ1) is 22.7. The summed E-state index contributed by atoms with van der Waals surface area (Å²) in [4.78, 5) is 11.4. The zero-order chi connectivity index (χ0) is 21.6. The molecule has 0 radical (unpaired) electrons. The lowest BCUT2D eigenvalue weighted by molar-refractivity contribution is -0.118. The van der Waals surface area contributed by atoms with Crippen molar-refractivity contribution >= 4 is 39.0 Å². The molecule has 0 aliphatic rings. The van der Waals surface area contributed by atoms with Gasteiger partial charge in [-0.3, -0.25) is 10.2 Å². The Labute approximate surface area is 167 Å². The molecule has 1 heterocycles. The first-order valence-electron chi connectivity index (χ1n) is 7.90. The van der Waals surface area contributed by atoms with Crippen LogP contribution in [0, 0.1) is 11.2 Å². The number of sulfone groups is 1. The van der Waals surface area contributed by atoms with Gasteiger partial charge in [0.1, 0.15) is 11.6 Å². The van der Waals surface area contributed by atoms with Crippen molar-refractivity contribution in [1.29, 1.82) is 5.41 Å². The van der Waals surface area contributed by atoms with Gasteiger partial charge in [0.05, 0.1) is 5.56 Å². The first-order valence-corrected chi connectivity index (χ1v) is 10.9. The minimum Gasteiger partial charge on any atom is -0.354 e. The Morgan fingerprint density at radius 2 is 2.07 bits per heavy atom. The summed E-state index contributed by atoms with van der Waals surface area (Å²) in [6.45, 7) is 0.127. The second-order valence-corrected chi connectivity index (χ2v) is 8.95. The summed E-state index contributed by atoms with van der Waals surface area (Å²) < 4.78 is 65.5. The lowest BCUT2D eigenvalue weighted by atomic mass is 10.2. The number of carbonyl (C=O) groups is 1. The van der Waals surface area contributed by atoms with E-state index < -0.39 is 39.3 Å². The molecule has 1 aromatic heterocycles. The third kappa shape index (κ3) is 7.05. The predicted octanol–water partition coefficient (Wildman–Crippen LogP) is 1.84. The number of carbonyl (C=O) groups excluding carboxylic acids is 1. The SMILES string of the molecule is CS(=O)(=O)CC(=O)NCCSc1nonc1C(=N)Nc1ccc(F)c(C(F)F)c1. The Hall–Kier alpha value is -2.61. The number of nitrogens with one attached hydrogen (secondary N) is 3. The van der Waals surface area contributed by atoms with Crippen LogP contribution in [-0.4, -0.2) is 54.8 Å². The van der Waals surface area contributed by atoms with Crippen LogP contribution < -0.4 is 10.6 Å². The van der Waals surface area contributed by atoms with Crippen LogP contribution in [0.3, 0.4) is 0 Å². The number of amidine groups is 1. The zero-order valence-electron chi connectivity index (χ0n) is 14.9. The molecule has 2 aromatic rings. The molecule has 1 aromatic carbocycles. The topological polar surface area (TPSA) is 138 Å². The van der Waals surface area contributed by atoms with Crippen LogP contribution in [0.1, 0.15) is 17.7 Å². The van der Waals surface area contributed by atoms with Crippen molar-refractivity contribution in [3.05, 3.63) is 35.3 Å². The highest BCUT2D eigenvalue weighted by molar-refractivity contribution is 7.99. The Morgan fingerprint density at radius 3 is 2.72 bits per heavy atom. The second-order valence-electron chi connectivity index (χ2n) is 5.72. The maximum absolute atomic E-state index is 13.4. The van der Waals surface area contributed by atoms with E-state index in [4.69, 9.17) is 5.41 Å². The molecule has 0 atom stereocenters. The Bertz CT molecular complexity index is 998. The number of anilines is 1. The lowest BCUT2D eigenvalue weighted by Crippen LogP contribution is -2.31. The van der Waals surface area contributed by atoms with Crippen molar-refractivity contribution < 1.29 is 31.0 Å². The van der Waals surface area contributed by atoms with Crippen molar-refractivity contribution in [1.82, 2.24) is 15.6 Å². The highest BCUT2D eigenvalue weighted by atomic mass is 32.2. The third-order valence-electron chi connectivity index (χ3n) is 3.25. The molecule has 0 bridgehead atoms.